The van der Waals surface area contributed by atoms with Crippen LogP contribution in [0.25, 0.3) is 0 Å². The molecule has 0 rings (SSSR count). The van der Waals surface area contributed by atoms with Crippen LogP contribution in [0.1, 0.15) is 226 Å². The molecule has 0 aliphatic carbocycles. The van der Waals surface area contributed by atoms with Crippen LogP contribution in [0.3, 0.4) is 0 Å². The number of esters is 2. The van der Waals surface area contributed by atoms with Gasteiger partial charge in [0.1, 0.15) is 6.56 Å². The summed E-state index contributed by atoms with van der Waals surface area (Å²) in [7, 11) is 0. The quantitative estimate of drug-likeness (QED) is 0.0551. The van der Waals surface area contributed by atoms with Crippen LogP contribution in [-0.2, 0) is 19.1 Å². The summed E-state index contributed by atoms with van der Waals surface area (Å²) in [6, 6.07) is 0. The summed E-state index contributed by atoms with van der Waals surface area (Å²) in [6.45, 7) is -2.51. The van der Waals surface area contributed by atoms with E-state index in [-0.39, 0.29) is 12.8 Å². The van der Waals surface area contributed by atoms with Crippen molar-refractivity contribution in [1.82, 2.24) is 0 Å². The lowest BCUT2D eigenvalue weighted by Gasteiger charge is -2.15. The Morgan fingerprint density at radius 3 is 1.07 bits per heavy atom. The zero-order valence-electron chi connectivity index (χ0n) is 34.2. The second-order valence-corrected chi connectivity index (χ2v) is 12.9. The van der Waals surface area contributed by atoms with Crippen LogP contribution in [0, 0.1) is 0 Å². The van der Waals surface area contributed by atoms with Gasteiger partial charge in [0.15, 0.2) is 6.08 Å². The first kappa shape index (κ1) is 34.2. The van der Waals surface area contributed by atoms with E-state index in [4.69, 9.17) is 16.3 Å². The zero-order chi connectivity index (χ0) is 36.7. The molecule has 5 heteroatoms. The molecule has 0 aromatic heterocycles. The molecule has 0 bridgehead atoms. The van der Waals surface area contributed by atoms with Crippen LogP contribution < -0.4 is 0 Å². The van der Waals surface area contributed by atoms with Crippen LogP contribution in [0.2, 0.25) is 0 Å². The van der Waals surface area contributed by atoms with Gasteiger partial charge in [-0.2, -0.15) is 0 Å². The molecule has 0 aromatic carbocycles. The standard InChI is InChI=1S/C39H76O5/c1-3-5-7-9-11-13-15-17-19-21-23-25-27-29-31-33-38(41)43-36-37(35-40)44-39(42)34-32-30-28-26-24-22-20-18-16-14-12-10-8-6-4-2/h37,40H,3-36H2,1-2H3/i35D2,36D2,37D. The fourth-order valence-corrected chi connectivity index (χ4v) is 5.67. The van der Waals surface area contributed by atoms with Crippen LogP contribution in [0.15, 0.2) is 0 Å². The number of hydrogen-bond donors (Lipinski definition) is 1. The molecule has 0 aromatic rings. The highest BCUT2D eigenvalue weighted by Gasteiger charge is 2.16. The van der Waals surface area contributed by atoms with Gasteiger partial charge in [0.05, 0.1) is 13.4 Å². The van der Waals surface area contributed by atoms with Gasteiger partial charge in [-0.05, 0) is 12.8 Å². The summed E-state index contributed by atoms with van der Waals surface area (Å²) in [5.74, 6) is -1.97. The van der Waals surface area contributed by atoms with E-state index in [0.29, 0.717) is 12.8 Å². The maximum Gasteiger partial charge on any atom is 0.306 e. The van der Waals surface area contributed by atoms with Crippen molar-refractivity contribution in [3.05, 3.63) is 0 Å². The molecule has 0 fully saturated rings. The van der Waals surface area contributed by atoms with Gasteiger partial charge in [-0.1, -0.05) is 194 Å². The molecule has 1 unspecified atom stereocenters. The highest BCUT2D eigenvalue weighted by molar-refractivity contribution is 5.70. The Labute approximate surface area is 281 Å². The fraction of sp³-hybridized carbons (Fsp3) is 0.949. The first-order chi connectivity index (χ1) is 23.4. The maximum absolute atomic E-state index is 12.5. The molecule has 0 radical (unpaired) electrons. The lowest BCUT2D eigenvalue weighted by atomic mass is 10.0. The van der Waals surface area contributed by atoms with Crippen LogP contribution in [0.4, 0.5) is 0 Å². The average molecular weight is 630 g/mol. The predicted octanol–water partition coefficient (Wildman–Crippen LogP) is 12.0. The molecule has 5 nitrogen and oxygen atoms in total. The van der Waals surface area contributed by atoms with Crippen molar-refractivity contribution in [2.75, 3.05) is 13.1 Å². The Hall–Kier alpha value is -1.10. The summed E-state index contributed by atoms with van der Waals surface area (Å²) in [5.41, 5.74) is 0. The Balaban J connectivity index is 4.14. The fourth-order valence-electron chi connectivity index (χ4n) is 5.67. The monoisotopic (exact) mass is 630 g/mol. The van der Waals surface area contributed by atoms with Crippen molar-refractivity contribution in [3.8, 4) is 0 Å². The van der Waals surface area contributed by atoms with Crippen LogP contribution >= 0.6 is 0 Å². The summed E-state index contributed by atoms with van der Waals surface area (Å²) in [4.78, 5) is 24.9. The number of rotatable bonds is 36. The Kier molecular flexibility index (Phi) is 28.3. The van der Waals surface area contributed by atoms with Gasteiger partial charge < -0.3 is 14.6 Å². The Bertz CT molecular complexity index is 792. The summed E-state index contributed by atoms with van der Waals surface area (Å²) in [5, 5.41) is 9.99. The van der Waals surface area contributed by atoms with Crippen molar-refractivity contribution in [1.29, 1.82) is 0 Å². The van der Waals surface area contributed by atoms with Crippen molar-refractivity contribution in [3.63, 3.8) is 0 Å². The minimum atomic E-state index is -3.60. The largest absolute Gasteiger partial charge is 0.462 e. The summed E-state index contributed by atoms with van der Waals surface area (Å²) < 4.78 is 49.4. The van der Waals surface area contributed by atoms with E-state index in [1.165, 1.54) is 128 Å². The van der Waals surface area contributed by atoms with Crippen molar-refractivity contribution in [2.24, 2.45) is 0 Å². The van der Waals surface area contributed by atoms with Gasteiger partial charge in [0.25, 0.3) is 0 Å². The third kappa shape index (κ3) is 33.8. The number of ether oxygens (including phenoxy) is 2. The first-order valence-electron chi connectivity index (χ1n) is 21.6. The molecular weight excluding hydrogens is 548 g/mol. The molecule has 44 heavy (non-hydrogen) atoms. The van der Waals surface area contributed by atoms with E-state index in [1.54, 1.807) is 0 Å². The van der Waals surface area contributed by atoms with Crippen LogP contribution in [0.5, 0.6) is 0 Å². The van der Waals surface area contributed by atoms with Gasteiger partial charge in [0.2, 0.25) is 0 Å². The molecule has 0 saturated carbocycles. The minimum Gasteiger partial charge on any atom is -0.462 e. The molecule has 0 spiro atoms. The van der Waals surface area contributed by atoms with Gasteiger partial charge in [0, 0.05) is 12.8 Å². The van der Waals surface area contributed by atoms with Crippen LogP contribution in [-0.4, -0.2) is 36.2 Å². The smallest absolute Gasteiger partial charge is 0.306 e. The molecule has 1 atom stereocenters. The zero-order valence-corrected chi connectivity index (χ0v) is 29.2. The number of unbranched alkanes of at least 4 members (excludes halogenated alkanes) is 28. The third-order valence-corrected chi connectivity index (χ3v) is 8.54. The molecule has 0 heterocycles. The first-order valence-corrected chi connectivity index (χ1v) is 19.1. The lowest BCUT2D eigenvalue weighted by molar-refractivity contribution is -0.161. The van der Waals surface area contributed by atoms with E-state index >= 15 is 0 Å². The summed E-state index contributed by atoms with van der Waals surface area (Å²) >= 11 is 0. The highest BCUT2D eigenvalue weighted by Crippen LogP contribution is 2.15. The Morgan fingerprint density at radius 2 is 0.773 bits per heavy atom. The molecule has 262 valence electrons. The van der Waals surface area contributed by atoms with Gasteiger partial charge >= 0.3 is 11.9 Å². The van der Waals surface area contributed by atoms with Crippen molar-refractivity contribution >= 4 is 11.9 Å². The number of carbonyl (C=O) groups excluding carboxylic acids is 2. The van der Waals surface area contributed by atoms with E-state index in [9.17, 15) is 14.7 Å². The van der Waals surface area contributed by atoms with Gasteiger partial charge in [-0.15, -0.1) is 0 Å². The molecular formula is C39H76O5. The topological polar surface area (TPSA) is 72.8 Å². The molecule has 0 aliphatic heterocycles. The lowest BCUT2D eigenvalue weighted by Crippen LogP contribution is -2.28. The van der Waals surface area contributed by atoms with E-state index in [1.807, 2.05) is 0 Å². The molecule has 1 N–H and O–H groups in total. The highest BCUT2D eigenvalue weighted by atomic mass is 16.6. The van der Waals surface area contributed by atoms with Gasteiger partial charge in [-0.3, -0.25) is 9.59 Å². The Morgan fingerprint density at radius 1 is 0.500 bits per heavy atom. The average Bonchev–Trinajstić information content (AvgIpc) is 3.03. The van der Waals surface area contributed by atoms with Gasteiger partial charge in [-0.25, -0.2) is 0 Å². The number of hydrogen-bond acceptors (Lipinski definition) is 5. The van der Waals surface area contributed by atoms with E-state index < -0.39 is 31.1 Å². The van der Waals surface area contributed by atoms with Crippen molar-refractivity contribution in [2.45, 2.75) is 225 Å². The molecule has 0 amide bonds. The van der Waals surface area contributed by atoms with E-state index in [0.717, 1.165) is 51.4 Å². The summed E-state index contributed by atoms with van der Waals surface area (Å²) in [6.07, 6.45) is 31.3. The molecule has 0 aliphatic rings. The molecule has 0 saturated heterocycles. The second-order valence-electron chi connectivity index (χ2n) is 12.9. The third-order valence-electron chi connectivity index (χ3n) is 8.54. The number of carbonyl (C=O) groups is 2. The SMILES string of the molecule is [2H]C([2H])(O)C([2H])(OC(=O)CCCCCCCCCCCCCCCCC)C([2H])([2H])OC(=O)CCCCCCCCCCCCCCCCC. The minimum absolute atomic E-state index is 0.102. The maximum atomic E-state index is 12.5. The number of aliphatic hydroxyl groups is 1. The van der Waals surface area contributed by atoms with E-state index in [2.05, 4.69) is 13.8 Å². The normalized spacial score (nSPS) is 15.0. The van der Waals surface area contributed by atoms with Crippen molar-refractivity contribution < 1.29 is 31.0 Å². The predicted molar refractivity (Wildman–Crippen MR) is 187 cm³/mol. The second kappa shape index (κ2) is 36.4.